The molecule has 0 radical (unpaired) electrons. The first-order valence-electron chi connectivity index (χ1n) is 8.34. The first-order chi connectivity index (χ1) is 10.8. The number of hydrogen-bond donors (Lipinski definition) is 0. The van der Waals surface area contributed by atoms with Crippen LogP contribution >= 0.6 is 0 Å². The van der Waals surface area contributed by atoms with Gasteiger partial charge in [0.15, 0.2) is 12.1 Å². The summed E-state index contributed by atoms with van der Waals surface area (Å²) < 4.78 is 11.5. The van der Waals surface area contributed by atoms with Crippen molar-refractivity contribution in [2.45, 2.75) is 51.9 Å². The third-order valence-corrected chi connectivity index (χ3v) is 4.08. The summed E-state index contributed by atoms with van der Waals surface area (Å²) in [5, 5.41) is 0. The number of aromatic nitrogens is 2. The minimum atomic E-state index is -0.0795. The number of rotatable bonds is 5. The fourth-order valence-electron chi connectivity index (χ4n) is 2.93. The lowest BCUT2D eigenvalue weighted by Crippen LogP contribution is -2.23. The molecular weight excluding hydrogens is 278 g/mol. The maximum absolute atomic E-state index is 5.86. The van der Waals surface area contributed by atoms with Crippen molar-refractivity contribution in [3.8, 4) is 0 Å². The summed E-state index contributed by atoms with van der Waals surface area (Å²) in [5.74, 6) is 1.78. The average molecular weight is 303 g/mol. The Morgan fingerprint density at radius 1 is 1.27 bits per heavy atom. The van der Waals surface area contributed by atoms with Crippen LogP contribution in [0.4, 0.5) is 5.82 Å². The van der Waals surface area contributed by atoms with E-state index in [1.54, 1.807) is 0 Å². The van der Waals surface area contributed by atoms with E-state index in [9.17, 15) is 0 Å². The summed E-state index contributed by atoms with van der Waals surface area (Å²) in [7, 11) is 0. The first kappa shape index (κ1) is 15.4. The molecule has 2 aliphatic heterocycles. The van der Waals surface area contributed by atoms with Crippen LogP contribution in [0.15, 0.2) is 12.1 Å². The Morgan fingerprint density at radius 2 is 2.14 bits per heavy atom. The van der Waals surface area contributed by atoms with Gasteiger partial charge in [0.05, 0.1) is 12.3 Å². The molecule has 0 spiro atoms. The van der Waals surface area contributed by atoms with Gasteiger partial charge in [-0.05, 0) is 45.1 Å². The van der Waals surface area contributed by atoms with Gasteiger partial charge in [-0.15, -0.1) is 0 Å². The van der Waals surface area contributed by atoms with Crippen LogP contribution in [0.25, 0.3) is 6.08 Å². The van der Waals surface area contributed by atoms with Crippen LogP contribution in [-0.4, -0.2) is 36.0 Å². The second-order valence-electron chi connectivity index (χ2n) is 5.88. The Kier molecular flexibility index (Phi) is 5.40. The molecule has 1 aromatic heterocycles. The van der Waals surface area contributed by atoms with Crippen LogP contribution in [-0.2, 0) is 16.1 Å². The minimum Gasteiger partial charge on any atom is -0.356 e. The van der Waals surface area contributed by atoms with E-state index in [4.69, 9.17) is 9.47 Å². The van der Waals surface area contributed by atoms with Crippen molar-refractivity contribution in [1.29, 1.82) is 0 Å². The van der Waals surface area contributed by atoms with Crippen LogP contribution in [0.2, 0.25) is 0 Å². The third-order valence-electron chi connectivity index (χ3n) is 4.08. The van der Waals surface area contributed by atoms with Crippen molar-refractivity contribution < 1.29 is 9.47 Å². The summed E-state index contributed by atoms with van der Waals surface area (Å²) in [5.41, 5.74) is 0.930. The van der Waals surface area contributed by atoms with Gasteiger partial charge in [-0.3, -0.25) is 0 Å². The lowest BCUT2D eigenvalue weighted by atomic mass is 10.2. The quantitative estimate of drug-likeness (QED) is 0.836. The molecule has 2 saturated heterocycles. The van der Waals surface area contributed by atoms with Gasteiger partial charge in [-0.2, -0.15) is 0 Å². The molecule has 0 amide bonds. The molecule has 22 heavy (non-hydrogen) atoms. The topological polar surface area (TPSA) is 47.5 Å². The van der Waals surface area contributed by atoms with E-state index in [2.05, 4.69) is 20.9 Å². The van der Waals surface area contributed by atoms with E-state index in [-0.39, 0.29) is 6.29 Å². The third kappa shape index (κ3) is 4.05. The van der Waals surface area contributed by atoms with E-state index >= 15 is 0 Å². The zero-order chi connectivity index (χ0) is 15.2. The van der Waals surface area contributed by atoms with Crippen molar-refractivity contribution in [3.05, 3.63) is 23.7 Å². The number of nitrogens with zero attached hydrogens (tertiary/aromatic N) is 3. The highest BCUT2D eigenvalue weighted by Crippen LogP contribution is 2.21. The fourth-order valence-corrected chi connectivity index (χ4v) is 2.93. The van der Waals surface area contributed by atoms with Gasteiger partial charge in [0.1, 0.15) is 5.82 Å². The molecular formula is C17H25N3O2. The van der Waals surface area contributed by atoms with Crippen LogP contribution in [0.5, 0.6) is 0 Å². The summed E-state index contributed by atoms with van der Waals surface area (Å²) in [6.45, 7) is 5.43. The molecule has 1 unspecified atom stereocenters. The summed E-state index contributed by atoms with van der Waals surface area (Å²) in [4.78, 5) is 11.5. The molecule has 0 N–H and O–H groups in total. The molecule has 2 aliphatic rings. The summed E-state index contributed by atoms with van der Waals surface area (Å²) in [6, 6.07) is 2.06. The van der Waals surface area contributed by atoms with Crippen molar-refractivity contribution >= 4 is 11.9 Å². The molecule has 3 heterocycles. The van der Waals surface area contributed by atoms with Gasteiger partial charge < -0.3 is 14.4 Å². The van der Waals surface area contributed by atoms with Gasteiger partial charge in [0.2, 0.25) is 0 Å². The summed E-state index contributed by atoms with van der Waals surface area (Å²) in [6.07, 6.45) is 9.61. The molecule has 0 bridgehead atoms. The number of hydrogen-bond acceptors (Lipinski definition) is 5. The predicted octanol–water partition coefficient (Wildman–Crippen LogP) is 3.15. The molecule has 120 valence electrons. The van der Waals surface area contributed by atoms with Gasteiger partial charge in [-0.25, -0.2) is 9.97 Å². The van der Waals surface area contributed by atoms with E-state index in [1.165, 1.54) is 19.3 Å². The highest BCUT2D eigenvalue weighted by Gasteiger charge is 2.17. The van der Waals surface area contributed by atoms with Crippen molar-refractivity contribution in [1.82, 2.24) is 9.97 Å². The average Bonchev–Trinajstić information content (AvgIpc) is 3.09. The van der Waals surface area contributed by atoms with E-state index < -0.39 is 0 Å². The SMILES string of the molecule is C/C=C/c1nc(COC2CCCCO2)cc(N2CCCC2)n1. The van der Waals surface area contributed by atoms with Crippen molar-refractivity contribution in [3.63, 3.8) is 0 Å². The van der Waals surface area contributed by atoms with Gasteiger partial charge >= 0.3 is 0 Å². The standard InChI is InChI=1S/C17H25N3O2/c1-2-7-15-18-14(13-22-17-8-3-6-11-21-17)12-16(19-15)20-9-4-5-10-20/h2,7,12,17H,3-6,8-11,13H2,1H3/b7-2+. The van der Waals surface area contributed by atoms with E-state index in [0.29, 0.717) is 6.61 Å². The largest absolute Gasteiger partial charge is 0.356 e. The zero-order valence-corrected chi connectivity index (χ0v) is 13.3. The molecule has 0 aliphatic carbocycles. The van der Waals surface area contributed by atoms with E-state index in [0.717, 1.165) is 49.9 Å². The summed E-state index contributed by atoms with van der Waals surface area (Å²) >= 11 is 0. The second kappa shape index (κ2) is 7.70. The lowest BCUT2D eigenvalue weighted by molar-refractivity contribution is -0.169. The molecule has 2 fully saturated rings. The zero-order valence-electron chi connectivity index (χ0n) is 13.3. The van der Waals surface area contributed by atoms with Crippen LogP contribution in [0.3, 0.4) is 0 Å². The van der Waals surface area contributed by atoms with Gasteiger partial charge in [0, 0.05) is 25.8 Å². The Labute approximate surface area is 132 Å². The highest BCUT2D eigenvalue weighted by atomic mass is 16.7. The molecule has 0 aromatic carbocycles. The van der Waals surface area contributed by atoms with Crippen molar-refractivity contribution in [2.75, 3.05) is 24.6 Å². The lowest BCUT2D eigenvalue weighted by Gasteiger charge is -2.23. The van der Waals surface area contributed by atoms with E-state index in [1.807, 2.05) is 19.1 Å². The molecule has 5 nitrogen and oxygen atoms in total. The van der Waals surface area contributed by atoms with Gasteiger partial charge in [0.25, 0.3) is 0 Å². The second-order valence-corrected chi connectivity index (χ2v) is 5.88. The molecule has 1 atom stereocenters. The minimum absolute atomic E-state index is 0.0795. The number of allylic oxidation sites excluding steroid dienone is 1. The van der Waals surface area contributed by atoms with Crippen LogP contribution < -0.4 is 4.90 Å². The first-order valence-corrected chi connectivity index (χ1v) is 8.34. The molecule has 1 aromatic rings. The monoisotopic (exact) mass is 303 g/mol. The Bertz CT molecular complexity index is 507. The molecule has 3 rings (SSSR count). The number of ether oxygens (including phenoxy) is 2. The molecule has 0 saturated carbocycles. The maximum Gasteiger partial charge on any atom is 0.158 e. The van der Waals surface area contributed by atoms with Crippen LogP contribution in [0, 0.1) is 0 Å². The smallest absolute Gasteiger partial charge is 0.158 e. The fraction of sp³-hybridized carbons (Fsp3) is 0.647. The Hall–Kier alpha value is -1.46. The Balaban J connectivity index is 1.70. The predicted molar refractivity (Wildman–Crippen MR) is 86.6 cm³/mol. The number of anilines is 1. The maximum atomic E-state index is 5.86. The van der Waals surface area contributed by atoms with Crippen molar-refractivity contribution in [2.24, 2.45) is 0 Å². The highest BCUT2D eigenvalue weighted by molar-refractivity contribution is 5.47. The Morgan fingerprint density at radius 3 is 2.86 bits per heavy atom. The van der Waals surface area contributed by atoms with Crippen LogP contribution in [0.1, 0.15) is 50.5 Å². The van der Waals surface area contributed by atoms with Gasteiger partial charge in [-0.1, -0.05) is 6.08 Å². The molecule has 5 heteroatoms. The normalized spacial score (nSPS) is 22.6.